The molecule has 0 bridgehead atoms. The number of aryl methyl sites for hydroxylation is 2. The van der Waals surface area contributed by atoms with Crippen LogP contribution in [0.2, 0.25) is 0 Å². The fourth-order valence-corrected chi connectivity index (χ4v) is 5.47. The molecular formula is C21H29N5O4S. The Morgan fingerprint density at radius 1 is 1.19 bits per heavy atom. The average molecular weight is 448 g/mol. The largest absolute Gasteiger partial charge is 0.476 e. The van der Waals surface area contributed by atoms with Gasteiger partial charge in [0.25, 0.3) is 10.0 Å². The maximum atomic E-state index is 12.8. The van der Waals surface area contributed by atoms with Crippen LogP contribution in [-0.4, -0.2) is 58.9 Å². The molecule has 4 N–H and O–H groups in total. The summed E-state index contributed by atoms with van der Waals surface area (Å²) in [7, 11) is -0.475. The number of sulfonamides is 1. The van der Waals surface area contributed by atoms with E-state index in [1.807, 2.05) is 19.0 Å². The maximum Gasteiger partial charge on any atom is 0.333 e. The van der Waals surface area contributed by atoms with Crippen LogP contribution in [0.15, 0.2) is 16.9 Å². The minimum Gasteiger partial charge on any atom is -0.476 e. The SMILES string of the molecule is CN(C)[C@H]1CN/C(=C(\C=N)S(=O)(=O)NC(=O)Nc2c3c(cc4c2CCC4)CCC3)OC1. The molecule has 1 fully saturated rings. The van der Waals surface area contributed by atoms with Crippen molar-refractivity contribution in [3.63, 3.8) is 0 Å². The fourth-order valence-electron chi connectivity index (χ4n) is 4.54. The molecule has 1 saturated heterocycles. The molecule has 31 heavy (non-hydrogen) atoms. The zero-order valence-corrected chi connectivity index (χ0v) is 18.7. The quantitative estimate of drug-likeness (QED) is 0.507. The first-order chi connectivity index (χ1) is 14.8. The number of allylic oxidation sites excluding steroid dienone is 1. The van der Waals surface area contributed by atoms with E-state index in [1.165, 1.54) is 11.1 Å². The highest BCUT2D eigenvalue weighted by atomic mass is 32.2. The molecule has 2 aliphatic carbocycles. The Kier molecular flexibility index (Phi) is 5.94. The summed E-state index contributed by atoms with van der Waals surface area (Å²) in [4.78, 5) is 14.3. The number of carbonyl (C=O) groups excluding carboxylic acids is 1. The molecule has 0 unspecified atom stereocenters. The van der Waals surface area contributed by atoms with Crippen molar-refractivity contribution in [1.82, 2.24) is 14.9 Å². The molecule has 2 amide bonds. The monoisotopic (exact) mass is 447 g/mol. The lowest BCUT2D eigenvalue weighted by molar-refractivity contribution is 0.0827. The van der Waals surface area contributed by atoms with Crippen molar-refractivity contribution >= 4 is 28.0 Å². The first-order valence-electron chi connectivity index (χ1n) is 10.6. The second-order valence-corrected chi connectivity index (χ2v) is 10.1. The highest BCUT2D eigenvalue weighted by Crippen LogP contribution is 2.38. The number of nitrogens with one attached hydrogen (secondary N) is 4. The van der Waals surface area contributed by atoms with E-state index in [4.69, 9.17) is 10.1 Å². The minimum atomic E-state index is -4.28. The number of amides is 2. The summed E-state index contributed by atoms with van der Waals surface area (Å²) in [5.41, 5.74) is 5.49. The summed E-state index contributed by atoms with van der Waals surface area (Å²) in [6.45, 7) is 0.764. The van der Waals surface area contributed by atoms with Crippen LogP contribution in [0, 0.1) is 5.41 Å². The van der Waals surface area contributed by atoms with Crippen LogP contribution >= 0.6 is 0 Å². The highest BCUT2D eigenvalue weighted by molar-refractivity contribution is 7.94. The molecule has 1 heterocycles. The van der Waals surface area contributed by atoms with Crippen LogP contribution in [0.1, 0.15) is 35.1 Å². The van der Waals surface area contributed by atoms with Gasteiger partial charge in [-0.3, -0.25) is 0 Å². The molecule has 1 aromatic carbocycles. The Morgan fingerprint density at radius 3 is 2.35 bits per heavy atom. The Hall–Kier alpha value is -2.59. The fraction of sp³-hybridized carbons (Fsp3) is 0.524. The highest BCUT2D eigenvalue weighted by Gasteiger charge is 2.30. The number of benzene rings is 1. The lowest BCUT2D eigenvalue weighted by atomic mass is 9.99. The smallest absolute Gasteiger partial charge is 0.333 e. The number of ether oxygens (including phenoxy) is 1. The van der Waals surface area contributed by atoms with Crippen LogP contribution in [0.4, 0.5) is 10.5 Å². The molecule has 0 radical (unpaired) electrons. The average Bonchev–Trinajstić information content (AvgIpc) is 3.37. The van der Waals surface area contributed by atoms with Crippen molar-refractivity contribution in [2.45, 2.75) is 44.6 Å². The summed E-state index contributed by atoms with van der Waals surface area (Å²) in [6.07, 6.45) is 6.49. The molecule has 0 saturated carbocycles. The summed E-state index contributed by atoms with van der Waals surface area (Å²) < 4.78 is 33.3. The van der Waals surface area contributed by atoms with Crippen LogP contribution in [0.25, 0.3) is 0 Å². The Balaban J connectivity index is 1.52. The van der Waals surface area contributed by atoms with Crippen molar-refractivity contribution in [3.8, 4) is 0 Å². The number of carbonyl (C=O) groups is 1. The predicted molar refractivity (Wildman–Crippen MR) is 119 cm³/mol. The minimum absolute atomic E-state index is 0.0186. The van der Waals surface area contributed by atoms with E-state index in [1.54, 1.807) is 0 Å². The predicted octanol–water partition coefficient (Wildman–Crippen LogP) is 1.48. The van der Waals surface area contributed by atoms with Crippen LogP contribution in [-0.2, 0) is 40.4 Å². The van der Waals surface area contributed by atoms with E-state index in [0.29, 0.717) is 12.8 Å². The molecule has 1 atom stereocenters. The van der Waals surface area contributed by atoms with Gasteiger partial charge in [0.05, 0.1) is 6.04 Å². The normalized spacial score (nSPS) is 21.6. The molecule has 10 heteroatoms. The van der Waals surface area contributed by atoms with E-state index in [2.05, 4.69) is 21.4 Å². The van der Waals surface area contributed by atoms with Gasteiger partial charge in [-0.05, 0) is 74.9 Å². The topological polar surface area (TPSA) is 124 Å². The van der Waals surface area contributed by atoms with Crippen LogP contribution in [0.5, 0.6) is 0 Å². The molecule has 4 rings (SSSR count). The standard InChI is InChI=1S/C21H29N5O4S/c1-26(2)15-11-23-20(30-12-15)18(10-22)31(28,29)25-21(27)24-19-16-7-3-5-13(16)9-14-6-4-8-17(14)19/h9-10,15,22-23H,3-8,11-12H2,1-2H3,(H2,24,25,27)/b20-18-,22-10?/t15-/m0/s1. The molecule has 1 aliphatic heterocycles. The van der Waals surface area contributed by atoms with Gasteiger partial charge in [-0.2, -0.15) is 0 Å². The third kappa shape index (κ3) is 4.27. The summed E-state index contributed by atoms with van der Waals surface area (Å²) in [5.74, 6) is -0.0186. The number of hydrogen-bond acceptors (Lipinski definition) is 7. The number of likely N-dealkylation sites (N-methyl/N-ethyl adjacent to an activating group) is 1. The number of fused-ring (bicyclic) bond motifs is 2. The second kappa shape index (κ2) is 8.51. The maximum absolute atomic E-state index is 12.8. The van der Waals surface area contributed by atoms with Crippen molar-refractivity contribution in [2.75, 3.05) is 32.6 Å². The molecule has 1 aromatic rings. The third-order valence-electron chi connectivity index (χ3n) is 6.23. The van der Waals surface area contributed by atoms with Crippen molar-refractivity contribution in [3.05, 3.63) is 39.1 Å². The Labute approximate surface area is 182 Å². The number of urea groups is 1. The third-order valence-corrected chi connectivity index (χ3v) is 7.57. The second-order valence-electron chi connectivity index (χ2n) is 8.44. The van der Waals surface area contributed by atoms with E-state index in [-0.39, 0.29) is 18.5 Å². The van der Waals surface area contributed by atoms with E-state index < -0.39 is 21.0 Å². The van der Waals surface area contributed by atoms with E-state index >= 15 is 0 Å². The molecule has 168 valence electrons. The number of rotatable bonds is 5. The summed E-state index contributed by atoms with van der Waals surface area (Å²) in [5, 5.41) is 13.3. The molecule has 3 aliphatic rings. The van der Waals surface area contributed by atoms with Gasteiger partial charge in [0, 0.05) is 18.4 Å². The van der Waals surface area contributed by atoms with E-state index in [0.717, 1.165) is 55.3 Å². The van der Waals surface area contributed by atoms with E-state index in [9.17, 15) is 13.2 Å². The number of anilines is 1. The zero-order valence-electron chi connectivity index (χ0n) is 17.9. The molecule has 0 spiro atoms. The summed E-state index contributed by atoms with van der Waals surface area (Å²) >= 11 is 0. The van der Waals surface area contributed by atoms with Gasteiger partial charge in [-0.25, -0.2) is 17.9 Å². The van der Waals surface area contributed by atoms with Gasteiger partial charge in [0.1, 0.15) is 6.61 Å². The number of nitrogens with zero attached hydrogens (tertiary/aromatic N) is 1. The lowest BCUT2D eigenvalue weighted by Crippen LogP contribution is -2.47. The number of hydrogen-bond donors (Lipinski definition) is 4. The first-order valence-corrected chi connectivity index (χ1v) is 12.1. The first kappa shape index (κ1) is 21.6. The zero-order chi connectivity index (χ0) is 22.2. The van der Waals surface area contributed by atoms with Crippen LogP contribution < -0.4 is 15.4 Å². The van der Waals surface area contributed by atoms with Gasteiger partial charge < -0.3 is 25.7 Å². The molecule has 0 aromatic heterocycles. The Morgan fingerprint density at radius 2 is 1.84 bits per heavy atom. The van der Waals surface area contributed by atoms with Gasteiger partial charge >= 0.3 is 6.03 Å². The summed E-state index contributed by atoms with van der Waals surface area (Å²) in [6, 6.07) is 1.50. The van der Waals surface area contributed by atoms with Crippen molar-refractivity contribution < 1.29 is 17.9 Å². The van der Waals surface area contributed by atoms with Crippen molar-refractivity contribution in [2.24, 2.45) is 0 Å². The lowest BCUT2D eigenvalue weighted by Gasteiger charge is -2.31. The van der Waals surface area contributed by atoms with Crippen molar-refractivity contribution in [1.29, 1.82) is 5.41 Å². The molecule has 9 nitrogen and oxygen atoms in total. The van der Waals surface area contributed by atoms with Gasteiger partial charge in [0.2, 0.25) is 5.88 Å². The Bertz CT molecular complexity index is 1010. The van der Waals surface area contributed by atoms with Gasteiger partial charge in [-0.1, -0.05) is 6.07 Å². The van der Waals surface area contributed by atoms with Crippen LogP contribution in [0.3, 0.4) is 0 Å². The molecular weight excluding hydrogens is 418 g/mol. The van der Waals surface area contributed by atoms with Gasteiger partial charge in [-0.15, -0.1) is 0 Å². The van der Waals surface area contributed by atoms with Gasteiger partial charge in [0.15, 0.2) is 4.91 Å².